The number of carbonyl (C=O) groups is 1. The van der Waals surface area contributed by atoms with E-state index in [1.54, 1.807) is 53.1 Å². The number of para-hydroxylation sites is 1. The number of hydrogen-bond donors (Lipinski definition) is 1. The van der Waals surface area contributed by atoms with Crippen LogP contribution in [0.2, 0.25) is 5.02 Å². The first-order chi connectivity index (χ1) is 13.9. The van der Waals surface area contributed by atoms with Crippen molar-refractivity contribution < 1.29 is 17.7 Å². The molecule has 7 nitrogen and oxygen atoms in total. The third kappa shape index (κ3) is 4.18. The van der Waals surface area contributed by atoms with E-state index in [1.165, 1.54) is 18.5 Å². The molecule has 2 heterocycles. The number of nitrogens with one attached hydrogen (secondary N) is 1. The molecule has 0 unspecified atom stereocenters. The van der Waals surface area contributed by atoms with Crippen LogP contribution in [0.3, 0.4) is 0 Å². The second kappa shape index (κ2) is 7.73. The SMILES string of the molecule is O=C(Cn1cc(S(=O)(=O)Cc2ccc(Cl)cc2)c2ccccc21)Nc1ccon1. The third-order valence-corrected chi connectivity index (χ3v) is 6.34. The summed E-state index contributed by atoms with van der Waals surface area (Å²) in [6, 6.07) is 15.3. The van der Waals surface area contributed by atoms with Gasteiger partial charge in [0.25, 0.3) is 0 Å². The van der Waals surface area contributed by atoms with E-state index in [0.29, 0.717) is 27.3 Å². The molecule has 0 radical (unpaired) electrons. The van der Waals surface area contributed by atoms with Gasteiger partial charge < -0.3 is 14.4 Å². The van der Waals surface area contributed by atoms with Crippen LogP contribution in [0.1, 0.15) is 5.56 Å². The molecule has 0 bridgehead atoms. The average molecular weight is 430 g/mol. The fraction of sp³-hybridized carbons (Fsp3) is 0.100. The number of anilines is 1. The molecule has 4 rings (SSSR count). The maximum atomic E-state index is 13.1. The van der Waals surface area contributed by atoms with Gasteiger partial charge in [0.1, 0.15) is 12.8 Å². The van der Waals surface area contributed by atoms with E-state index < -0.39 is 9.84 Å². The molecule has 2 aromatic heterocycles. The van der Waals surface area contributed by atoms with E-state index >= 15 is 0 Å². The molecule has 0 atom stereocenters. The van der Waals surface area contributed by atoms with Crippen molar-refractivity contribution in [1.29, 1.82) is 0 Å². The second-order valence-electron chi connectivity index (χ2n) is 6.46. The van der Waals surface area contributed by atoms with Gasteiger partial charge in [0.15, 0.2) is 15.7 Å². The molecule has 1 N–H and O–H groups in total. The molecular weight excluding hydrogens is 414 g/mol. The highest BCUT2D eigenvalue weighted by Crippen LogP contribution is 2.28. The van der Waals surface area contributed by atoms with Crippen LogP contribution < -0.4 is 5.32 Å². The normalized spacial score (nSPS) is 11.6. The zero-order chi connectivity index (χ0) is 20.4. The lowest BCUT2D eigenvalue weighted by Crippen LogP contribution is -2.18. The van der Waals surface area contributed by atoms with E-state index in [2.05, 4.69) is 15.0 Å². The zero-order valence-corrected chi connectivity index (χ0v) is 16.7. The van der Waals surface area contributed by atoms with Crippen LogP contribution in [0, 0.1) is 0 Å². The molecule has 0 spiro atoms. The van der Waals surface area contributed by atoms with Gasteiger partial charge in [0, 0.05) is 28.2 Å². The first-order valence-corrected chi connectivity index (χ1v) is 10.7. The summed E-state index contributed by atoms with van der Waals surface area (Å²) in [6.45, 7) is -0.0656. The quantitative estimate of drug-likeness (QED) is 0.501. The van der Waals surface area contributed by atoms with Gasteiger partial charge in [-0.1, -0.05) is 47.1 Å². The van der Waals surface area contributed by atoms with Crippen molar-refractivity contribution in [1.82, 2.24) is 9.72 Å². The summed E-state index contributed by atoms with van der Waals surface area (Å²) in [5.74, 6) is -0.216. The number of fused-ring (bicyclic) bond motifs is 1. The summed E-state index contributed by atoms with van der Waals surface area (Å²) >= 11 is 5.88. The number of sulfone groups is 1. The van der Waals surface area contributed by atoms with Crippen molar-refractivity contribution in [3.8, 4) is 0 Å². The Balaban J connectivity index is 1.66. The van der Waals surface area contributed by atoms with E-state index in [0.717, 1.165) is 0 Å². The van der Waals surface area contributed by atoms with Crippen molar-refractivity contribution in [3.63, 3.8) is 0 Å². The van der Waals surface area contributed by atoms with E-state index in [1.807, 2.05) is 0 Å². The van der Waals surface area contributed by atoms with E-state index in [-0.39, 0.29) is 23.1 Å². The lowest BCUT2D eigenvalue weighted by molar-refractivity contribution is -0.116. The number of nitrogens with zero attached hydrogens (tertiary/aromatic N) is 2. The van der Waals surface area contributed by atoms with Crippen molar-refractivity contribution in [2.24, 2.45) is 0 Å². The smallest absolute Gasteiger partial charge is 0.245 e. The minimum atomic E-state index is -3.64. The predicted octanol–water partition coefficient (Wildman–Crippen LogP) is 3.90. The Morgan fingerprint density at radius 3 is 2.59 bits per heavy atom. The molecule has 0 fully saturated rings. The summed E-state index contributed by atoms with van der Waals surface area (Å²) in [6.07, 6.45) is 2.85. The van der Waals surface area contributed by atoms with Crippen molar-refractivity contribution in [2.45, 2.75) is 17.2 Å². The number of carbonyl (C=O) groups excluding carboxylic acids is 1. The first-order valence-electron chi connectivity index (χ1n) is 8.68. The van der Waals surface area contributed by atoms with Crippen LogP contribution >= 0.6 is 11.6 Å². The highest BCUT2D eigenvalue weighted by Gasteiger charge is 2.22. The molecule has 0 aliphatic rings. The second-order valence-corrected chi connectivity index (χ2v) is 8.85. The molecule has 0 aliphatic heterocycles. The van der Waals surface area contributed by atoms with Gasteiger partial charge in [-0.05, 0) is 23.8 Å². The summed E-state index contributed by atoms with van der Waals surface area (Å²) in [5, 5.41) is 7.35. The molecule has 29 heavy (non-hydrogen) atoms. The van der Waals surface area contributed by atoms with Crippen LogP contribution in [0.4, 0.5) is 5.82 Å². The lowest BCUT2D eigenvalue weighted by atomic mass is 10.2. The minimum absolute atomic E-state index is 0.0656. The number of hydrogen-bond acceptors (Lipinski definition) is 5. The number of benzene rings is 2. The Kier molecular flexibility index (Phi) is 5.12. The molecule has 1 amide bonds. The van der Waals surface area contributed by atoms with Crippen molar-refractivity contribution in [2.75, 3.05) is 5.32 Å². The van der Waals surface area contributed by atoms with E-state index in [9.17, 15) is 13.2 Å². The number of aromatic nitrogens is 2. The highest BCUT2D eigenvalue weighted by atomic mass is 35.5. The summed E-state index contributed by atoms with van der Waals surface area (Å²) in [5.41, 5.74) is 1.28. The standard InChI is InChI=1S/C20H16ClN3O4S/c21-15-7-5-14(6-8-15)13-29(26,27)18-11-24(17-4-2-1-3-16(17)18)12-20(25)22-19-9-10-28-23-19/h1-11H,12-13H2,(H,22,23,25). The fourth-order valence-electron chi connectivity index (χ4n) is 3.08. The Labute approximate surface area is 171 Å². The molecule has 0 aliphatic carbocycles. The highest BCUT2D eigenvalue weighted by molar-refractivity contribution is 7.90. The lowest BCUT2D eigenvalue weighted by Gasteiger charge is -2.05. The summed E-state index contributed by atoms with van der Waals surface area (Å²) in [7, 11) is -3.64. The van der Waals surface area contributed by atoms with Crippen LogP contribution in [0.15, 0.2) is 76.5 Å². The van der Waals surface area contributed by atoms with Gasteiger partial charge in [-0.3, -0.25) is 4.79 Å². The fourth-order valence-corrected chi connectivity index (χ4v) is 4.79. The number of rotatable bonds is 6. The molecule has 2 aromatic carbocycles. The maximum Gasteiger partial charge on any atom is 0.245 e. The summed E-state index contributed by atoms with van der Waals surface area (Å²) in [4.78, 5) is 12.5. The van der Waals surface area contributed by atoms with Gasteiger partial charge in [0.2, 0.25) is 5.91 Å². The minimum Gasteiger partial charge on any atom is -0.363 e. The monoisotopic (exact) mass is 429 g/mol. The average Bonchev–Trinajstić information content (AvgIpc) is 3.32. The topological polar surface area (TPSA) is 94.2 Å². The van der Waals surface area contributed by atoms with Crippen LogP contribution in [0.25, 0.3) is 10.9 Å². The maximum absolute atomic E-state index is 13.1. The Morgan fingerprint density at radius 1 is 1.10 bits per heavy atom. The van der Waals surface area contributed by atoms with Gasteiger partial charge in [0.05, 0.1) is 10.6 Å². The molecule has 0 saturated carbocycles. The van der Waals surface area contributed by atoms with Gasteiger partial charge >= 0.3 is 0 Å². The van der Waals surface area contributed by atoms with Crippen LogP contribution in [-0.4, -0.2) is 24.0 Å². The van der Waals surface area contributed by atoms with Gasteiger partial charge in [-0.25, -0.2) is 8.42 Å². The van der Waals surface area contributed by atoms with Crippen molar-refractivity contribution in [3.05, 3.63) is 77.6 Å². The molecule has 0 saturated heterocycles. The third-order valence-electron chi connectivity index (χ3n) is 4.38. The van der Waals surface area contributed by atoms with Crippen LogP contribution in [-0.2, 0) is 26.9 Å². The molecule has 4 aromatic rings. The Bertz CT molecular complexity index is 1260. The zero-order valence-electron chi connectivity index (χ0n) is 15.1. The van der Waals surface area contributed by atoms with Crippen LogP contribution in [0.5, 0.6) is 0 Å². The van der Waals surface area contributed by atoms with Gasteiger partial charge in [-0.2, -0.15) is 0 Å². The Morgan fingerprint density at radius 2 is 1.86 bits per heavy atom. The largest absolute Gasteiger partial charge is 0.363 e. The molecule has 9 heteroatoms. The molecule has 148 valence electrons. The van der Waals surface area contributed by atoms with E-state index in [4.69, 9.17) is 11.6 Å². The predicted molar refractivity (Wildman–Crippen MR) is 109 cm³/mol. The van der Waals surface area contributed by atoms with Crippen molar-refractivity contribution >= 4 is 44.1 Å². The molecular formula is C20H16ClN3O4S. The number of halogens is 1. The number of amides is 1. The summed E-state index contributed by atoms with van der Waals surface area (Å²) < 4.78 is 32.5. The van der Waals surface area contributed by atoms with Gasteiger partial charge in [-0.15, -0.1) is 0 Å². The first kappa shape index (κ1) is 19.2. The Hall–Kier alpha value is -3.10.